The van der Waals surface area contributed by atoms with E-state index in [1.165, 1.54) is 11.1 Å². The molecule has 40 heavy (non-hydrogen) atoms. The van der Waals surface area contributed by atoms with Crippen molar-refractivity contribution in [1.82, 2.24) is 24.4 Å². The molecule has 1 aliphatic rings. The molecule has 0 N–H and O–H groups in total. The second-order valence-corrected chi connectivity index (χ2v) is 10.2. The molecule has 0 aliphatic carbocycles. The molecule has 0 radical (unpaired) electrons. The van der Waals surface area contributed by atoms with Crippen LogP contribution in [0.25, 0.3) is 16.8 Å². The van der Waals surface area contributed by atoms with Crippen LogP contribution in [-0.4, -0.2) is 63.6 Å². The molecule has 6 rings (SSSR count). The van der Waals surface area contributed by atoms with Crippen molar-refractivity contribution in [2.75, 3.05) is 33.3 Å². The Kier molecular flexibility index (Phi) is 7.40. The van der Waals surface area contributed by atoms with Gasteiger partial charge in [-0.25, -0.2) is 9.50 Å². The number of aromatic nitrogens is 3. The zero-order valence-electron chi connectivity index (χ0n) is 22.9. The maximum atomic E-state index is 13.9. The highest BCUT2D eigenvalue weighted by Crippen LogP contribution is 2.31. The second-order valence-electron chi connectivity index (χ2n) is 10.2. The molecule has 1 fully saturated rings. The molecule has 3 heterocycles. The average Bonchev–Trinajstić information content (AvgIpc) is 3.35. The van der Waals surface area contributed by atoms with Gasteiger partial charge in [-0.3, -0.25) is 9.69 Å². The van der Waals surface area contributed by atoms with Crippen LogP contribution in [0.2, 0.25) is 0 Å². The summed E-state index contributed by atoms with van der Waals surface area (Å²) in [6, 6.07) is 31.4. The highest BCUT2D eigenvalue weighted by atomic mass is 16.5. The van der Waals surface area contributed by atoms with E-state index in [0.717, 1.165) is 41.3 Å². The van der Waals surface area contributed by atoms with E-state index in [9.17, 15) is 4.79 Å². The van der Waals surface area contributed by atoms with Crippen LogP contribution in [0.15, 0.2) is 97.2 Å². The minimum Gasteiger partial charge on any atom is -0.378 e. The molecule has 202 valence electrons. The van der Waals surface area contributed by atoms with Crippen molar-refractivity contribution in [3.05, 3.63) is 125 Å². The summed E-state index contributed by atoms with van der Waals surface area (Å²) >= 11 is 0. The first kappa shape index (κ1) is 25.9. The van der Waals surface area contributed by atoms with E-state index in [0.29, 0.717) is 18.7 Å². The van der Waals surface area contributed by atoms with Crippen molar-refractivity contribution in [2.24, 2.45) is 0 Å². The first-order valence-electron chi connectivity index (χ1n) is 13.7. The van der Waals surface area contributed by atoms with Gasteiger partial charge in [0, 0.05) is 45.0 Å². The molecule has 5 aromatic rings. The third kappa shape index (κ3) is 4.90. The number of benzene rings is 3. The lowest BCUT2D eigenvalue weighted by atomic mass is 9.96. The fourth-order valence-corrected chi connectivity index (χ4v) is 5.77. The van der Waals surface area contributed by atoms with E-state index in [4.69, 9.17) is 14.8 Å². The van der Waals surface area contributed by atoms with Crippen LogP contribution in [0.3, 0.4) is 0 Å². The molecule has 7 heteroatoms. The number of ether oxygens (including phenoxy) is 1. The van der Waals surface area contributed by atoms with Crippen molar-refractivity contribution >= 4 is 11.6 Å². The number of fused-ring (bicyclic) bond motifs is 1. The molecular weight excluding hydrogens is 498 g/mol. The largest absolute Gasteiger partial charge is 0.378 e. The fraction of sp³-hybridized carbons (Fsp3) is 0.242. The lowest BCUT2D eigenvalue weighted by Gasteiger charge is -2.40. The Bertz CT molecular complexity index is 1550. The number of methoxy groups -OCH3 is 1. The number of nitrogens with zero attached hydrogens (tertiary/aromatic N) is 5. The number of carbonyl (C=O) groups is 1. The fourth-order valence-electron chi connectivity index (χ4n) is 5.77. The Hall–Kier alpha value is -4.33. The Morgan fingerprint density at radius 1 is 0.850 bits per heavy atom. The van der Waals surface area contributed by atoms with Gasteiger partial charge in [-0.05, 0) is 23.6 Å². The standard InChI is InChI=1S/C33H33N5O2/c1-24-30(25-12-6-3-7-13-25)32-34-22-28(29(23-40-2)38(32)35-24)33(39)37-20-18-36(19-21-37)31(26-14-8-4-9-15-26)27-16-10-5-11-17-27/h3-17,22,31H,18-21,23H2,1-2H3. The van der Waals surface area contributed by atoms with Crippen LogP contribution >= 0.6 is 0 Å². The van der Waals surface area contributed by atoms with Crippen molar-refractivity contribution in [1.29, 1.82) is 0 Å². The van der Waals surface area contributed by atoms with E-state index < -0.39 is 0 Å². The molecule has 3 aromatic carbocycles. The molecule has 7 nitrogen and oxygen atoms in total. The van der Waals surface area contributed by atoms with Gasteiger partial charge in [0.05, 0.1) is 29.6 Å². The van der Waals surface area contributed by atoms with Crippen molar-refractivity contribution in [2.45, 2.75) is 19.6 Å². The molecular formula is C33H33N5O2. The molecule has 0 bridgehead atoms. The van der Waals surface area contributed by atoms with Gasteiger partial charge in [0.1, 0.15) is 0 Å². The summed E-state index contributed by atoms with van der Waals surface area (Å²) < 4.78 is 7.33. The molecule has 1 saturated heterocycles. The summed E-state index contributed by atoms with van der Waals surface area (Å²) in [7, 11) is 1.64. The highest BCUT2D eigenvalue weighted by Gasteiger charge is 2.30. The summed E-state index contributed by atoms with van der Waals surface area (Å²) in [5.41, 5.74) is 7.38. The number of hydrogen-bond acceptors (Lipinski definition) is 5. The third-order valence-corrected chi connectivity index (χ3v) is 7.69. The van der Waals surface area contributed by atoms with Gasteiger partial charge in [-0.2, -0.15) is 5.10 Å². The van der Waals surface area contributed by atoms with Crippen molar-refractivity contribution in [3.63, 3.8) is 0 Å². The Morgan fingerprint density at radius 2 is 1.43 bits per heavy atom. The summed E-state index contributed by atoms with van der Waals surface area (Å²) in [5.74, 6) is -0.0357. The topological polar surface area (TPSA) is 63.0 Å². The Morgan fingerprint density at radius 3 is 2.00 bits per heavy atom. The maximum Gasteiger partial charge on any atom is 0.257 e. The first-order valence-corrected chi connectivity index (χ1v) is 13.7. The molecule has 2 aromatic heterocycles. The zero-order chi connectivity index (χ0) is 27.5. The maximum absolute atomic E-state index is 13.9. The van der Waals surface area contributed by atoms with Crippen LogP contribution in [-0.2, 0) is 11.3 Å². The lowest BCUT2D eigenvalue weighted by molar-refractivity contribution is 0.0591. The molecule has 1 amide bonds. The van der Waals surface area contributed by atoms with Gasteiger partial charge in [0.15, 0.2) is 5.65 Å². The van der Waals surface area contributed by atoms with Gasteiger partial charge in [-0.1, -0.05) is 91.0 Å². The van der Waals surface area contributed by atoms with Gasteiger partial charge < -0.3 is 9.64 Å². The summed E-state index contributed by atoms with van der Waals surface area (Å²) in [4.78, 5) is 23.0. The van der Waals surface area contributed by atoms with Gasteiger partial charge >= 0.3 is 0 Å². The minimum absolute atomic E-state index is 0.0357. The summed E-state index contributed by atoms with van der Waals surface area (Å²) in [6.07, 6.45) is 1.70. The molecule has 1 aliphatic heterocycles. The average molecular weight is 532 g/mol. The van der Waals surface area contributed by atoms with Crippen LogP contribution in [0, 0.1) is 6.92 Å². The van der Waals surface area contributed by atoms with Gasteiger partial charge in [0.2, 0.25) is 0 Å². The molecule has 0 atom stereocenters. The number of piperazine rings is 1. The third-order valence-electron chi connectivity index (χ3n) is 7.69. The predicted octanol–water partition coefficient (Wildman–Crippen LogP) is 5.40. The van der Waals surface area contributed by atoms with Gasteiger partial charge in [0.25, 0.3) is 5.91 Å². The lowest BCUT2D eigenvalue weighted by Crippen LogP contribution is -2.50. The van der Waals surface area contributed by atoms with Gasteiger partial charge in [-0.15, -0.1) is 0 Å². The SMILES string of the molecule is COCc1c(C(=O)N2CCN(C(c3ccccc3)c3ccccc3)CC2)cnc2c(-c3ccccc3)c(C)nn12. The van der Waals surface area contributed by atoms with Crippen molar-refractivity contribution < 1.29 is 9.53 Å². The molecule has 0 unspecified atom stereocenters. The van der Waals surface area contributed by atoms with E-state index in [2.05, 4.69) is 77.7 Å². The number of rotatable bonds is 7. The van der Waals surface area contributed by atoms with Crippen molar-refractivity contribution in [3.8, 4) is 11.1 Å². The van der Waals surface area contributed by atoms with E-state index >= 15 is 0 Å². The highest BCUT2D eigenvalue weighted by molar-refractivity contribution is 5.96. The normalized spacial score (nSPS) is 14.2. The Balaban J connectivity index is 1.27. The van der Waals surface area contributed by atoms with Crippen LogP contribution in [0.4, 0.5) is 0 Å². The number of aryl methyl sites for hydroxylation is 1. The molecule has 0 spiro atoms. The second kappa shape index (κ2) is 11.4. The number of carbonyl (C=O) groups excluding carboxylic acids is 1. The predicted molar refractivity (Wildman–Crippen MR) is 156 cm³/mol. The zero-order valence-corrected chi connectivity index (χ0v) is 22.9. The van der Waals surface area contributed by atoms with E-state index in [1.807, 2.05) is 30.0 Å². The smallest absolute Gasteiger partial charge is 0.257 e. The van der Waals surface area contributed by atoms with Crippen LogP contribution in [0.1, 0.15) is 38.9 Å². The Labute approximate surface area is 234 Å². The molecule has 0 saturated carbocycles. The number of amides is 1. The minimum atomic E-state index is -0.0357. The van der Waals surface area contributed by atoms with Crippen LogP contribution in [0.5, 0.6) is 0 Å². The van der Waals surface area contributed by atoms with Crippen LogP contribution < -0.4 is 0 Å². The van der Waals surface area contributed by atoms with E-state index in [1.54, 1.807) is 17.8 Å². The quantitative estimate of drug-likeness (QED) is 0.282. The summed E-state index contributed by atoms with van der Waals surface area (Å²) in [5, 5.41) is 4.79. The van der Waals surface area contributed by atoms with E-state index in [-0.39, 0.29) is 18.6 Å². The monoisotopic (exact) mass is 531 g/mol. The summed E-state index contributed by atoms with van der Waals surface area (Å²) in [6.45, 7) is 5.05. The number of hydrogen-bond donors (Lipinski definition) is 0. The first-order chi connectivity index (χ1) is 19.7.